The molecule has 1 aromatic carbocycles. The van der Waals surface area contributed by atoms with Gasteiger partial charge in [-0.05, 0) is 49.8 Å². The van der Waals surface area contributed by atoms with Gasteiger partial charge in [-0.1, -0.05) is 6.92 Å². The van der Waals surface area contributed by atoms with Crippen LogP contribution in [-0.4, -0.2) is 63.6 Å². The van der Waals surface area contributed by atoms with E-state index in [1.807, 2.05) is 0 Å². The number of esters is 1. The highest BCUT2D eigenvalue weighted by atomic mass is 32.2. The molecule has 0 spiro atoms. The van der Waals surface area contributed by atoms with Gasteiger partial charge in [-0.2, -0.15) is 4.31 Å². The average molecular weight is 443 g/mol. The summed E-state index contributed by atoms with van der Waals surface area (Å²) in [5.74, 6) is -1.69. The lowest BCUT2D eigenvalue weighted by Crippen LogP contribution is -2.56. The highest BCUT2D eigenvalue weighted by molar-refractivity contribution is 7.89. The molecule has 1 amide bonds. The lowest BCUT2D eigenvalue weighted by Gasteiger charge is -2.37. The van der Waals surface area contributed by atoms with Crippen molar-refractivity contribution in [1.29, 1.82) is 0 Å². The van der Waals surface area contributed by atoms with Gasteiger partial charge in [-0.25, -0.2) is 17.6 Å². The molecule has 1 heterocycles. The molecule has 0 radical (unpaired) electrons. The first kappa shape index (κ1) is 22.6. The van der Waals surface area contributed by atoms with Crippen LogP contribution in [0.2, 0.25) is 0 Å². The van der Waals surface area contributed by atoms with Crippen LogP contribution in [-0.2, 0) is 24.3 Å². The van der Waals surface area contributed by atoms with Crippen LogP contribution in [0.25, 0.3) is 0 Å². The van der Waals surface area contributed by atoms with Crippen molar-refractivity contribution in [2.75, 3.05) is 33.4 Å². The number of morpholine rings is 1. The van der Waals surface area contributed by atoms with Crippen LogP contribution in [0.3, 0.4) is 0 Å². The Morgan fingerprint density at radius 3 is 2.47 bits per heavy atom. The predicted molar refractivity (Wildman–Crippen MR) is 106 cm³/mol. The second-order valence-electron chi connectivity index (χ2n) is 7.87. The maximum atomic E-state index is 14.4. The van der Waals surface area contributed by atoms with E-state index in [1.54, 1.807) is 0 Å². The van der Waals surface area contributed by atoms with E-state index in [-0.39, 0.29) is 31.9 Å². The number of ether oxygens (including phenoxy) is 2. The molecule has 0 bridgehead atoms. The molecule has 0 atom stereocenters. The van der Waals surface area contributed by atoms with Gasteiger partial charge in [0.15, 0.2) is 0 Å². The number of benzene rings is 1. The quantitative estimate of drug-likeness (QED) is 0.697. The van der Waals surface area contributed by atoms with Gasteiger partial charge >= 0.3 is 5.97 Å². The first-order valence-electron chi connectivity index (χ1n) is 9.98. The number of carbonyl (C=O) groups is 2. The van der Waals surface area contributed by atoms with Gasteiger partial charge in [0.2, 0.25) is 10.0 Å². The summed E-state index contributed by atoms with van der Waals surface area (Å²) in [6.45, 7) is 2.75. The molecule has 0 aromatic heterocycles. The average Bonchev–Trinajstić information content (AvgIpc) is 2.75. The Balaban J connectivity index is 1.87. The second kappa shape index (κ2) is 8.99. The largest absolute Gasteiger partial charge is 0.467 e. The molecule has 3 rings (SSSR count). The van der Waals surface area contributed by atoms with Crippen LogP contribution in [0, 0.1) is 11.7 Å². The normalized spacial score (nSPS) is 25.5. The zero-order valence-corrected chi connectivity index (χ0v) is 18.0. The molecule has 2 aliphatic rings. The number of halogens is 1. The minimum atomic E-state index is -4.12. The van der Waals surface area contributed by atoms with Crippen LogP contribution < -0.4 is 5.32 Å². The number of hydrogen-bond donors (Lipinski definition) is 1. The molecule has 1 aliphatic carbocycles. The van der Waals surface area contributed by atoms with E-state index in [0.29, 0.717) is 18.8 Å². The number of carbonyl (C=O) groups excluding carboxylic acids is 2. The van der Waals surface area contributed by atoms with Crippen molar-refractivity contribution in [3.05, 3.63) is 29.6 Å². The van der Waals surface area contributed by atoms with Gasteiger partial charge in [0.05, 0.1) is 20.3 Å². The highest BCUT2D eigenvalue weighted by Crippen LogP contribution is 2.33. The Kier molecular flexibility index (Phi) is 6.78. The number of hydrogen-bond acceptors (Lipinski definition) is 6. The fraction of sp³-hybridized carbons (Fsp3) is 0.600. The summed E-state index contributed by atoms with van der Waals surface area (Å²) in [6, 6.07) is 3.18. The van der Waals surface area contributed by atoms with Crippen LogP contribution in [0.5, 0.6) is 0 Å². The smallest absolute Gasteiger partial charge is 0.331 e. The number of nitrogens with zero attached hydrogens (tertiary/aromatic N) is 1. The number of rotatable bonds is 5. The Hall–Kier alpha value is -2.04. The molecule has 10 heteroatoms. The standard InChI is InChI=1S/C20H27FN2O6S/c1-14-5-7-20(8-6-14,19(25)28-2)22-18(24)15-3-4-16(21)17(13-15)30(26,27)23-9-11-29-12-10-23/h3-4,13-14H,5-12H2,1-2H3,(H,22,24). The number of methoxy groups -OCH3 is 1. The van der Waals surface area contributed by atoms with Crippen LogP contribution in [0.15, 0.2) is 23.1 Å². The second-order valence-corrected chi connectivity index (χ2v) is 9.78. The maximum Gasteiger partial charge on any atom is 0.331 e. The van der Waals surface area contributed by atoms with Gasteiger partial charge in [0.1, 0.15) is 16.3 Å². The van der Waals surface area contributed by atoms with Crippen molar-refractivity contribution in [2.45, 2.75) is 43.0 Å². The first-order valence-corrected chi connectivity index (χ1v) is 11.4. The topological polar surface area (TPSA) is 102 Å². The van der Waals surface area contributed by atoms with Crippen LogP contribution in [0.4, 0.5) is 4.39 Å². The summed E-state index contributed by atoms with van der Waals surface area (Å²) in [5, 5.41) is 2.73. The van der Waals surface area contributed by atoms with E-state index < -0.39 is 38.2 Å². The fourth-order valence-electron chi connectivity index (χ4n) is 3.89. The molecule has 166 valence electrons. The molecule has 2 fully saturated rings. The summed E-state index contributed by atoms with van der Waals surface area (Å²) in [6.07, 6.45) is 2.34. The minimum Gasteiger partial charge on any atom is -0.467 e. The maximum absolute atomic E-state index is 14.4. The molecule has 30 heavy (non-hydrogen) atoms. The van der Waals surface area contributed by atoms with E-state index in [1.165, 1.54) is 13.2 Å². The molecule has 1 saturated heterocycles. The van der Waals surface area contributed by atoms with Gasteiger partial charge in [0, 0.05) is 18.7 Å². The Morgan fingerprint density at radius 1 is 1.23 bits per heavy atom. The van der Waals surface area contributed by atoms with Crippen molar-refractivity contribution in [3.63, 3.8) is 0 Å². The molecule has 1 aliphatic heterocycles. The summed E-state index contributed by atoms with van der Waals surface area (Å²) in [7, 11) is -2.86. The van der Waals surface area contributed by atoms with Crippen molar-refractivity contribution in [3.8, 4) is 0 Å². The molecule has 1 N–H and O–H groups in total. The van der Waals surface area contributed by atoms with Gasteiger partial charge < -0.3 is 14.8 Å². The van der Waals surface area contributed by atoms with Gasteiger partial charge in [0.25, 0.3) is 5.91 Å². The Morgan fingerprint density at radius 2 is 1.87 bits per heavy atom. The zero-order valence-electron chi connectivity index (χ0n) is 17.1. The fourth-order valence-corrected chi connectivity index (χ4v) is 5.39. The van der Waals surface area contributed by atoms with Crippen molar-refractivity contribution in [2.24, 2.45) is 5.92 Å². The number of nitrogens with one attached hydrogen (secondary N) is 1. The number of amides is 1. The van der Waals surface area contributed by atoms with Crippen molar-refractivity contribution < 1.29 is 31.9 Å². The summed E-state index contributed by atoms with van der Waals surface area (Å²) >= 11 is 0. The summed E-state index contributed by atoms with van der Waals surface area (Å²) < 4.78 is 51.3. The molecular weight excluding hydrogens is 415 g/mol. The monoisotopic (exact) mass is 442 g/mol. The predicted octanol–water partition coefficient (Wildman–Crippen LogP) is 1.70. The minimum absolute atomic E-state index is 0.0369. The third kappa shape index (κ3) is 4.50. The lowest BCUT2D eigenvalue weighted by molar-refractivity contribution is -0.150. The lowest BCUT2D eigenvalue weighted by atomic mass is 9.77. The Labute approximate surface area is 175 Å². The summed E-state index contributed by atoms with van der Waals surface area (Å²) in [5.41, 5.74) is -1.21. The molecule has 1 aromatic rings. The van der Waals surface area contributed by atoms with E-state index in [4.69, 9.17) is 9.47 Å². The Bertz CT molecular complexity index is 906. The van der Waals surface area contributed by atoms with Gasteiger partial charge in [-0.15, -0.1) is 0 Å². The van der Waals surface area contributed by atoms with Crippen LogP contribution >= 0.6 is 0 Å². The van der Waals surface area contributed by atoms with E-state index in [2.05, 4.69) is 12.2 Å². The SMILES string of the molecule is COC(=O)C1(NC(=O)c2ccc(F)c(S(=O)(=O)N3CCOCC3)c2)CCC(C)CC1. The van der Waals surface area contributed by atoms with E-state index in [0.717, 1.165) is 29.3 Å². The van der Waals surface area contributed by atoms with Gasteiger partial charge in [-0.3, -0.25) is 4.79 Å². The third-order valence-electron chi connectivity index (χ3n) is 5.84. The first-order chi connectivity index (χ1) is 14.2. The molecule has 0 unspecified atom stereocenters. The van der Waals surface area contributed by atoms with Crippen molar-refractivity contribution in [1.82, 2.24) is 9.62 Å². The summed E-state index contributed by atoms with van der Waals surface area (Å²) in [4.78, 5) is 24.8. The number of sulfonamides is 1. The van der Waals surface area contributed by atoms with E-state index >= 15 is 0 Å². The molecule has 1 saturated carbocycles. The van der Waals surface area contributed by atoms with E-state index in [9.17, 15) is 22.4 Å². The van der Waals surface area contributed by atoms with Crippen molar-refractivity contribution >= 4 is 21.9 Å². The third-order valence-corrected chi connectivity index (χ3v) is 7.75. The zero-order chi connectivity index (χ0) is 21.9. The van der Waals surface area contributed by atoms with Crippen LogP contribution in [0.1, 0.15) is 43.0 Å². The highest BCUT2D eigenvalue weighted by Gasteiger charge is 2.43. The molecule has 8 nitrogen and oxygen atoms in total. The molecular formula is C20H27FN2O6S.